The fourth-order valence-electron chi connectivity index (χ4n) is 4.30. The van der Waals surface area contributed by atoms with Crippen molar-refractivity contribution in [2.75, 3.05) is 30.3 Å². The topological polar surface area (TPSA) is 109 Å². The number of nitrogens with zero attached hydrogens (tertiary/aromatic N) is 1. The number of hydrogen-bond acceptors (Lipinski definition) is 6. The van der Waals surface area contributed by atoms with E-state index in [1.165, 1.54) is 28.6 Å². The summed E-state index contributed by atoms with van der Waals surface area (Å²) in [5.74, 6) is -0.734. The zero-order valence-electron chi connectivity index (χ0n) is 19.7. The molecule has 2 heterocycles. The molecule has 0 saturated carbocycles. The molecular weight excluding hydrogens is 514 g/mol. The monoisotopic (exact) mass is 537 g/mol. The van der Waals surface area contributed by atoms with Crippen molar-refractivity contribution >= 4 is 55.7 Å². The van der Waals surface area contributed by atoms with E-state index in [1.54, 1.807) is 42.5 Å². The summed E-state index contributed by atoms with van der Waals surface area (Å²) in [7, 11) is -3.56. The van der Waals surface area contributed by atoms with Crippen molar-refractivity contribution in [1.82, 2.24) is 4.31 Å². The van der Waals surface area contributed by atoms with Gasteiger partial charge in [-0.3, -0.25) is 9.59 Å². The number of para-hydroxylation sites is 1. The molecule has 1 aliphatic rings. The zero-order chi connectivity index (χ0) is 26.0. The van der Waals surface area contributed by atoms with Gasteiger partial charge in [-0.1, -0.05) is 29.8 Å². The van der Waals surface area contributed by atoms with E-state index >= 15 is 0 Å². The number of Topliss-reactive ketones (excluding diaryl/α,β-unsaturated/α-hetero) is 1. The molecule has 1 amide bonds. The highest BCUT2D eigenvalue weighted by Gasteiger charge is 2.27. The average molecular weight is 538 g/mol. The van der Waals surface area contributed by atoms with Crippen LogP contribution in [0, 0.1) is 0 Å². The van der Waals surface area contributed by atoms with Crippen LogP contribution < -0.4 is 10.6 Å². The first kappa shape index (κ1) is 25.0. The lowest BCUT2D eigenvalue weighted by atomic mass is 10.1. The first-order chi connectivity index (χ1) is 17.8. The molecule has 0 atom stereocenters. The van der Waals surface area contributed by atoms with Crippen molar-refractivity contribution in [2.45, 2.75) is 17.7 Å². The predicted molar refractivity (Wildman–Crippen MR) is 143 cm³/mol. The molecule has 190 valence electrons. The molecular formula is C27H24ClN3O5S. The summed E-state index contributed by atoms with van der Waals surface area (Å²) < 4.78 is 32.8. The van der Waals surface area contributed by atoms with Gasteiger partial charge in [-0.25, -0.2) is 8.42 Å². The lowest BCUT2D eigenvalue weighted by molar-refractivity contribution is 0.0991. The minimum atomic E-state index is -3.56. The van der Waals surface area contributed by atoms with Gasteiger partial charge in [0.15, 0.2) is 5.78 Å². The van der Waals surface area contributed by atoms with Crippen LogP contribution in [0.1, 0.15) is 33.8 Å². The number of amides is 1. The highest BCUT2D eigenvalue weighted by Crippen LogP contribution is 2.32. The van der Waals surface area contributed by atoms with Gasteiger partial charge in [0, 0.05) is 34.7 Å². The van der Waals surface area contributed by atoms with Crippen LogP contribution in [0.3, 0.4) is 0 Å². The molecule has 10 heteroatoms. The number of carbonyl (C=O) groups is 2. The van der Waals surface area contributed by atoms with E-state index in [9.17, 15) is 18.0 Å². The molecule has 0 unspecified atom stereocenters. The third kappa shape index (κ3) is 5.24. The fraction of sp³-hybridized carbons (Fsp3) is 0.185. The molecule has 1 aliphatic heterocycles. The molecule has 2 N–H and O–H groups in total. The summed E-state index contributed by atoms with van der Waals surface area (Å²) in [5, 5.41) is 6.93. The van der Waals surface area contributed by atoms with Crippen LogP contribution in [0.5, 0.6) is 0 Å². The maximum atomic E-state index is 13.0. The van der Waals surface area contributed by atoms with Crippen LogP contribution in [-0.4, -0.2) is 44.0 Å². The van der Waals surface area contributed by atoms with Gasteiger partial charge in [0.2, 0.25) is 15.8 Å². The van der Waals surface area contributed by atoms with E-state index in [0.717, 1.165) is 12.8 Å². The first-order valence-corrected chi connectivity index (χ1v) is 13.6. The first-order valence-electron chi connectivity index (χ1n) is 11.8. The number of ketones is 1. The Bertz CT molecular complexity index is 1580. The van der Waals surface area contributed by atoms with Crippen molar-refractivity contribution < 1.29 is 22.4 Å². The number of rotatable bonds is 8. The second-order valence-electron chi connectivity index (χ2n) is 8.68. The van der Waals surface area contributed by atoms with Crippen LogP contribution in [0.15, 0.2) is 82.1 Å². The molecule has 1 fully saturated rings. The van der Waals surface area contributed by atoms with Gasteiger partial charge in [-0.05, 0) is 67.4 Å². The number of carbonyl (C=O) groups excluding carboxylic acids is 2. The van der Waals surface area contributed by atoms with Gasteiger partial charge in [-0.2, -0.15) is 4.31 Å². The van der Waals surface area contributed by atoms with Crippen molar-refractivity contribution in [3.63, 3.8) is 0 Å². The van der Waals surface area contributed by atoms with Crippen molar-refractivity contribution in [3.8, 4) is 0 Å². The van der Waals surface area contributed by atoms with Gasteiger partial charge in [-0.15, -0.1) is 0 Å². The number of halogens is 1. The number of sulfonamides is 1. The van der Waals surface area contributed by atoms with Gasteiger partial charge in [0.25, 0.3) is 5.91 Å². The SMILES string of the molecule is O=C(CNc1c(C(=O)Nc2cccc(Cl)c2)oc2ccccc12)c1ccc(S(=O)(=O)N2CCCC2)cc1. The zero-order valence-corrected chi connectivity index (χ0v) is 21.3. The molecule has 0 radical (unpaired) electrons. The molecule has 3 aromatic carbocycles. The molecule has 4 aromatic rings. The lowest BCUT2D eigenvalue weighted by Gasteiger charge is -2.15. The number of fused-ring (bicyclic) bond motifs is 1. The van der Waals surface area contributed by atoms with Crippen LogP contribution in [-0.2, 0) is 10.0 Å². The quantitative estimate of drug-likeness (QED) is 0.291. The third-order valence-electron chi connectivity index (χ3n) is 6.19. The van der Waals surface area contributed by atoms with Crippen molar-refractivity contribution in [1.29, 1.82) is 0 Å². The Kier molecular flexibility index (Phi) is 7.01. The third-order valence-corrected chi connectivity index (χ3v) is 8.34. The summed E-state index contributed by atoms with van der Waals surface area (Å²) in [6.07, 6.45) is 1.70. The van der Waals surface area contributed by atoms with Gasteiger partial charge in [0.1, 0.15) is 5.58 Å². The second kappa shape index (κ2) is 10.4. The van der Waals surface area contributed by atoms with E-state index < -0.39 is 15.9 Å². The molecule has 0 aliphatic carbocycles. The van der Waals surface area contributed by atoms with Gasteiger partial charge >= 0.3 is 0 Å². The summed E-state index contributed by atoms with van der Waals surface area (Å²) in [5.41, 5.74) is 1.73. The molecule has 0 bridgehead atoms. The van der Waals surface area contributed by atoms with Crippen molar-refractivity contribution in [3.05, 3.63) is 89.1 Å². The highest BCUT2D eigenvalue weighted by molar-refractivity contribution is 7.89. The Hall–Kier alpha value is -3.66. The Morgan fingerprint density at radius 2 is 1.68 bits per heavy atom. The maximum absolute atomic E-state index is 13.0. The molecule has 1 aromatic heterocycles. The predicted octanol–water partition coefficient (Wildman–Crippen LogP) is 5.42. The number of hydrogen-bond donors (Lipinski definition) is 2. The Morgan fingerprint density at radius 3 is 2.41 bits per heavy atom. The minimum absolute atomic E-state index is 0.0287. The average Bonchev–Trinajstić information content (AvgIpc) is 3.56. The number of nitrogens with one attached hydrogen (secondary N) is 2. The Labute approximate surface area is 219 Å². The second-order valence-corrected chi connectivity index (χ2v) is 11.1. The molecule has 0 spiro atoms. The summed E-state index contributed by atoms with van der Waals surface area (Å²) in [6.45, 7) is 0.900. The number of anilines is 2. The standard InChI is InChI=1S/C27H24ClN3O5S/c28-19-6-5-7-20(16-19)30-27(33)26-25(22-8-1-2-9-24(22)36-26)29-17-23(32)18-10-12-21(13-11-18)37(34,35)31-14-3-4-15-31/h1-2,5-13,16,29H,3-4,14-15,17H2,(H,30,33). The number of furan rings is 1. The Balaban J connectivity index is 1.34. The van der Waals surface area contributed by atoms with E-state index in [1.807, 2.05) is 6.07 Å². The molecule has 8 nitrogen and oxygen atoms in total. The van der Waals surface area contributed by atoms with Crippen LogP contribution in [0.4, 0.5) is 11.4 Å². The van der Waals surface area contributed by atoms with Gasteiger partial charge in [0.05, 0.1) is 17.1 Å². The summed E-state index contributed by atoms with van der Waals surface area (Å²) >= 11 is 6.02. The molecule has 37 heavy (non-hydrogen) atoms. The normalized spacial score (nSPS) is 14.1. The summed E-state index contributed by atoms with van der Waals surface area (Å²) in [6, 6.07) is 19.8. The van der Waals surface area contributed by atoms with Crippen LogP contribution in [0.25, 0.3) is 11.0 Å². The molecule has 1 saturated heterocycles. The summed E-state index contributed by atoms with van der Waals surface area (Å²) in [4.78, 5) is 26.1. The minimum Gasteiger partial charge on any atom is -0.449 e. The number of benzene rings is 3. The maximum Gasteiger partial charge on any atom is 0.293 e. The van der Waals surface area contributed by atoms with E-state index in [4.69, 9.17) is 16.0 Å². The Morgan fingerprint density at radius 1 is 0.946 bits per heavy atom. The van der Waals surface area contributed by atoms with E-state index in [2.05, 4.69) is 10.6 Å². The van der Waals surface area contributed by atoms with Crippen molar-refractivity contribution in [2.24, 2.45) is 0 Å². The van der Waals surface area contributed by atoms with E-state index in [0.29, 0.717) is 46.0 Å². The molecule has 5 rings (SSSR count). The van der Waals surface area contributed by atoms with Gasteiger partial charge < -0.3 is 15.1 Å². The fourth-order valence-corrected chi connectivity index (χ4v) is 6.00. The highest BCUT2D eigenvalue weighted by atomic mass is 35.5. The smallest absolute Gasteiger partial charge is 0.293 e. The lowest BCUT2D eigenvalue weighted by Crippen LogP contribution is -2.27. The largest absolute Gasteiger partial charge is 0.449 e. The van der Waals surface area contributed by atoms with Crippen LogP contribution >= 0.6 is 11.6 Å². The van der Waals surface area contributed by atoms with Crippen LogP contribution in [0.2, 0.25) is 5.02 Å². The van der Waals surface area contributed by atoms with E-state index in [-0.39, 0.29) is 23.0 Å².